The highest BCUT2D eigenvalue weighted by Crippen LogP contribution is 2.20. The summed E-state index contributed by atoms with van der Waals surface area (Å²) in [5, 5.41) is 11.5. The van der Waals surface area contributed by atoms with Crippen molar-refractivity contribution >= 4 is 17.8 Å². The maximum atomic E-state index is 12.4. The SMILES string of the molecule is O=C(NCC(=O)N1CCCCC1C(=O)O)c1ccccc1OC(F)F. The molecule has 0 bridgehead atoms. The molecule has 25 heavy (non-hydrogen) atoms. The van der Waals surface area contributed by atoms with Gasteiger partial charge in [-0.15, -0.1) is 0 Å². The Morgan fingerprint density at radius 2 is 2.00 bits per heavy atom. The van der Waals surface area contributed by atoms with Gasteiger partial charge in [0.1, 0.15) is 11.8 Å². The first kappa shape index (κ1) is 18.6. The van der Waals surface area contributed by atoms with E-state index in [2.05, 4.69) is 10.1 Å². The number of piperidine rings is 1. The lowest BCUT2D eigenvalue weighted by atomic mass is 10.0. The Balaban J connectivity index is 2.00. The molecular weight excluding hydrogens is 338 g/mol. The number of carboxylic acid groups (broad SMARTS) is 1. The topological polar surface area (TPSA) is 95.9 Å². The Morgan fingerprint density at radius 1 is 1.28 bits per heavy atom. The molecular formula is C16H18F2N2O5. The molecule has 1 aliphatic rings. The lowest BCUT2D eigenvalue weighted by Crippen LogP contribution is -2.51. The first-order valence-electron chi connectivity index (χ1n) is 7.74. The van der Waals surface area contributed by atoms with E-state index in [9.17, 15) is 23.2 Å². The minimum absolute atomic E-state index is 0.135. The van der Waals surface area contributed by atoms with E-state index in [-0.39, 0.29) is 11.3 Å². The molecule has 0 aromatic heterocycles. The van der Waals surface area contributed by atoms with Crippen molar-refractivity contribution in [1.82, 2.24) is 10.2 Å². The summed E-state index contributed by atoms with van der Waals surface area (Å²) in [5.74, 6) is -2.68. The number of benzene rings is 1. The van der Waals surface area contributed by atoms with Gasteiger partial charge in [0.15, 0.2) is 0 Å². The van der Waals surface area contributed by atoms with Gasteiger partial charge < -0.3 is 20.1 Å². The normalized spacial score (nSPS) is 17.2. The van der Waals surface area contributed by atoms with Crippen molar-refractivity contribution in [3.05, 3.63) is 29.8 Å². The molecule has 0 aliphatic carbocycles. The minimum Gasteiger partial charge on any atom is -0.480 e. The number of carboxylic acids is 1. The zero-order valence-electron chi connectivity index (χ0n) is 13.3. The predicted molar refractivity (Wildman–Crippen MR) is 82.4 cm³/mol. The summed E-state index contributed by atoms with van der Waals surface area (Å²) >= 11 is 0. The van der Waals surface area contributed by atoms with Gasteiger partial charge in [0.2, 0.25) is 5.91 Å². The summed E-state index contributed by atoms with van der Waals surface area (Å²) < 4.78 is 29.0. The number of carbonyl (C=O) groups excluding carboxylic acids is 2. The number of amides is 2. The van der Waals surface area contributed by atoms with Crippen LogP contribution in [0.3, 0.4) is 0 Å². The molecule has 1 aliphatic heterocycles. The van der Waals surface area contributed by atoms with E-state index < -0.39 is 37.0 Å². The average Bonchev–Trinajstić information content (AvgIpc) is 2.59. The van der Waals surface area contributed by atoms with Crippen LogP contribution in [0.2, 0.25) is 0 Å². The molecule has 2 rings (SSSR count). The predicted octanol–water partition coefficient (Wildman–Crippen LogP) is 1.48. The van der Waals surface area contributed by atoms with E-state index in [4.69, 9.17) is 5.11 Å². The fourth-order valence-electron chi connectivity index (χ4n) is 2.69. The Hall–Kier alpha value is -2.71. The van der Waals surface area contributed by atoms with Crippen molar-refractivity contribution in [1.29, 1.82) is 0 Å². The smallest absolute Gasteiger partial charge is 0.387 e. The summed E-state index contributed by atoms with van der Waals surface area (Å²) in [4.78, 5) is 36.8. The van der Waals surface area contributed by atoms with Crippen molar-refractivity contribution in [2.45, 2.75) is 31.9 Å². The number of halogens is 2. The van der Waals surface area contributed by atoms with Crippen molar-refractivity contribution in [2.24, 2.45) is 0 Å². The van der Waals surface area contributed by atoms with Crippen LogP contribution in [-0.4, -0.2) is 53.5 Å². The maximum absolute atomic E-state index is 12.4. The van der Waals surface area contributed by atoms with E-state index >= 15 is 0 Å². The fourth-order valence-corrected chi connectivity index (χ4v) is 2.69. The molecule has 0 spiro atoms. The van der Waals surface area contributed by atoms with Crippen LogP contribution < -0.4 is 10.1 Å². The molecule has 1 saturated heterocycles. The molecule has 7 nitrogen and oxygen atoms in total. The van der Waals surface area contributed by atoms with Gasteiger partial charge >= 0.3 is 12.6 Å². The first-order chi connectivity index (χ1) is 11.9. The number of carbonyl (C=O) groups is 3. The molecule has 1 aromatic rings. The van der Waals surface area contributed by atoms with Crippen LogP contribution in [0.5, 0.6) is 5.75 Å². The van der Waals surface area contributed by atoms with E-state index in [0.29, 0.717) is 25.8 Å². The standard InChI is InChI=1S/C16H18F2N2O5/c17-16(18)25-12-7-2-1-5-10(12)14(22)19-9-13(21)20-8-4-3-6-11(20)15(23)24/h1-2,5,7,11,16H,3-4,6,8-9H2,(H,19,22)(H,23,24). The average molecular weight is 356 g/mol. The molecule has 2 amide bonds. The number of hydrogen-bond donors (Lipinski definition) is 2. The van der Waals surface area contributed by atoms with E-state index in [1.807, 2.05) is 0 Å². The number of aliphatic carboxylic acids is 1. The van der Waals surface area contributed by atoms with Gasteiger partial charge in [0.05, 0.1) is 12.1 Å². The van der Waals surface area contributed by atoms with Gasteiger partial charge in [-0.3, -0.25) is 9.59 Å². The summed E-state index contributed by atoms with van der Waals surface area (Å²) in [6.45, 7) is -3.21. The van der Waals surface area contributed by atoms with Gasteiger partial charge in [-0.25, -0.2) is 4.79 Å². The summed E-state index contributed by atoms with van der Waals surface area (Å²) in [6.07, 6.45) is 1.76. The van der Waals surface area contributed by atoms with Crippen LogP contribution in [0, 0.1) is 0 Å². The highest BCUT2D eigenvalue weighted by atomic mass is 19.3. The fraction of sp³-hybridized carbons (Fsp3) is 0.438. The van der Waals surface area contributed by atoms with Crippen molar-refractivity contribution < 1.29 is 33.0 Å². The highest BCUT2D eigenvalue weighted by Gasteiger charge is 2.31. The minimum atomic E-state index is -3.08. The molecule has 2 N–H and O–H groups in total. The summed E-state index contributed by atoms with van der Waals surface area (Å²) in [5.41, 5.74) is -0.135. The third-order valence-corrected chi connectivity index (χ3v) is 3.86. The molecule has 1 fully saturated rings. The lowest BCUT2D eigenvalue weighted by molar-refractivity contribution is -0.151. The van der Waals surface area contributed by atoms with E-state index in [1.165, 1.54) is 29.2 Å². The Bertz CT molecular complexity index is 653. The van der Waals surface area contributed by atoms with Crippen LogP contribution in [-0.2, 0) is 9.59 Å². The van der Waals surface area contributed by atoms with Crippen molar-refractivity contribution in [3.63, 3.8) is 0 Å². The number of alkyl halides is 2. The van der Waals surface area contributed by atoms with Crippen LogP contribution in [0.15, 0.2) is 24.3 Å². The van der Waals surface area contributed by atoms with Gasteiger partial charge in [-0.1, -0.05) is 12.1 Å². The Labute approximate surface area is 142 Å². The largest absolute Gasteiger partial charge is 0.480 e. The Morgan fingerprint density at radius 3 is 2.68 bits per heavy atom. The third kappa shape index (κ3) is 4.88. The molecule has 9 heteroatoms. The second kappa shape index (κ2) is 8.41. The van der Waals surface area contributed by atoms with Gasteiger partial charge in [0, 0.05) is 6.54 Å². The number of rotatable bonds is 6. The number of nitrogens with one attached hydrogen (secondary N) is 1. The number of hydrogen-bond acceptors (Lipinski definition) is 4. The van der Waals surface area contributed by atoms with E-state index in [1.54, 1.807) is 0 Å². The van der Waals surface area contributed by atoms with Gasteiger partial charge in [-0.2, -0.15) is 8.78 Å². The van der Waals surface area contributed by atoms with Crippen LogP contribution >= 0.6 is 0 Å². The molecule has 0 radical (unpaired) electrons. The van der Waals surface area contributed by atoms with Crippen LogP contribution in [0.1, 0.15) is 29.6 Å². The van der Waals surface area contributed by atoms with Crippen LogP contribution in [0.25, 0.3) is 0 Å². The maximum Gasteiger partial charge on any atom is 0.387 e. The van der Waals surface area contributed by atoms with Crippen molar-refractivity contribution in [2.75, 3.05) is 13.1 Å². The summed E-state index contributed by atoms with van der Waals surface area (Å²) in [7, 11) is 0. The zero-order valence-corrected chi connectivity index (χ0v) is 13.3. The number of nitrogens with zero attached hydrogens (tertiary/aromatic N) is 1. The molecule has 0 saturated carbocycles. The number of para-hydroxylation sites is 1. The lowest BCUT2D eigenvalue weighted by Gasteiger charge is -2.33. The molecule has 1 atom stereocenters. The van der Waals surface area contributed by atoms with E-state index in [0.717, 1.165) is 0 Å². The Kier molecular flexibility index (Phi) is 6.26. The van der Waals surface area contributed by atoms with Gasteiger partial charge in [0.25, 0.3) is 5.91 Å². The quantitative estimate of drug-likeness (QED) is 0.805. The number of ether oxygens (including phenoxy) is 1. The third-order valence-electron chi connectivity index (χ3n) is 3.86. The van der Waals surface area contributed by atoms with Crippen molar-refractivity contribution in [3.8, 4) is 5.75 Å². The monoisotopic (exact) mass is 356 g/mol. The second-order valence-electron chi connectivity index (χ2n) is 5.49. The first-order valence-corrected chi connectivity index (χ1v) is 7.74. The van der Waals surface area contributed by atoms with Crippen LogP contribution in [0.4, 0.5) is 8.78 Å². The second-order valence-corrected chi connectivity index (χ2v) is 5.49. The molecule has 1 aromatic carbocycles. The summed E-state index contributed by atoms with van der Waals surface area (Å²) in [6, 6.07) is 4.50. The zero-order chi connectivity index (χ0) is 18.4. The molecule has 1 unspecified atom stereocenters. The van der Waals surface area contributed by atoms with Gasteiger partial charge in [-0.05, 0) is 31.4 Å². The number of likely N-dealkylation sites (tertiary alicyclic amines) is 1. The molecule has 1 heterocycles. The molecule has 136 valence electrons. The highest BCUT2D eigenvalue weighted by molar-refractivity contribution is 5.99.